The zero-order valence-electron chi connectivity index (χ0n) is 16.0. The van der Waals surface area contributed by atoms with Crippen LogP contribution in [0, 0.1) is 3.95 Å². The van der Waals surface area contributed by atoms with Gasteiger partial charge in [-0.25, -0.2) is 4.79 Å². The van der Waals surface area contributed by atoms with Gasteiger partial charge >= 0.3 is 18.2 Å². The van der Waals surface area contributed by atoms with Gasteiger partial charge in [-0.3, -0.25) is 9.69 Å². The number of anilines is 2. The van der Waals surface area contributed by atoms with Crippen LogP contribution in [0.2, 0.25) is 0 Å². The molecule has 0 fully saturated rings. The van der Waals surface area contributed by atoms with Crippen LogP contribution in [0.25, 0.3) is 10.2 Å². The minimum Gasteiger partial charge on any atom is -0.481 e. The molecule has 31 heavy (non-hydrogen) atoms. The van der Waals surface area contributed by atoms with Crippen molar-refractivity contribution >= 4 is 57.1 Å². The lowest BCUT2D eigenvalue weighted by Gasteiger charge is -2.23. The number of alkyl halides is 3. The predicted octanol–water partition coefficient (Wildman–Crippen LogP) is 6.27. The molecule has 0 spiro atoms. The lowest BCUT2D eigenvalue weighted by molar-refractivity contribution is -0.138. The first kappa shape index (κ1) is 22.8. The van der Waals surface area contributed by atoms with E-state index in [1.807, 2.05) is 0 Å². The van der Waals surface area contributed by atoms with Crippen LogP contribution < -0.4 is 10.2 Å². The van der Waals surface area contributed by atoms with Crippen molar-refractivity contribution in [2.24, 2.45) is 0 Å². The summed E-state index contributed by atoms with van der Waals surface area (Å²) in [6.45, 7) is 0.237. The lowest BCUT2D eigenvalue weighted by atomic mass is 10.2. The molecule has 3 N–H and O–H groups in total. The molecular formula is C20H18F3N3O3S2. The number of H-pyrrole nitrogens is 1. The van der Waals surface area contributed by atoms with Crippen molar-refractivity contribution in [1.82, 2.24) is 4.98 Å². The molecule has 0 atom stereocenters. The average molecular weight is 470 g/mol. The number of rotatable bonds is 7. The Balaban J connectivity index is 1.80. The number of nitrogens with zero attached hydrogens (tertiary/aromatic N) is 1. The summed E-state index contributed by atoms with van der Waals surface area (Å²) in [5.41, 5.74) is 0.798. The van der Waals surface area contributed by atoms with Crippen molar-refractivity contribution in [3.8, 4) is 0 Å². The number of halogens is 3. The third-order valence-corrected chi connectivity index (χ3v) is 5.64. The molecule has 1 heterocycles. The van der Waals surface area contributed by atoms with Gasteiger partial charge in [-0.2, -0.15) is 13.2 Å². The number of hydrogen-bond donors (Lipinski definition) is 3. The van der Waals surface area contributed by atoms with Crippen LogP contribution in [0.4, 0.5) is 29.3 Å². The van der Waals surface area contributed by atoms with Crippen LogP contribution in [0.1, 0.15) is 24.8 Å². The number of hydrogen-bond acceptors (Lipinski definition) is 4. The fraction of sp³-hybridized carbons (Fsp3) is 0.250. The molecular weight excluding hydrogens is 451 g/mol. The second-order valence-electron chi connectivity index (χ2n) is 6.70. The van der Waals surface area contributed by atoms with Crippen molar-refractivity contribution in [1.29, 1.82) is 0 Å². The zero-order chi connectivity index (χ0) is 22.6. The van der Waals surface area contributed by atoms with Crippen LogP contribution >= 0.6 is 23.6 Å². The summed E-state index contributed by atoms with van der Waals surface area (Å²) in [4.78, 5) is 28.1. The minimum absolute atomic E-state index is 0.0212. The Morgan fingerprint density at radius 1 is 1.13 bits per heavy atom. The maximum atomic E-state index is 12.9. The number of benzene rings is 2. The molecule has 0 aliphatic rings. The second-order valence-corrected chi connectivity index (χ2v) is 8.42. The molecule has 0 aliphatic carbocycles. The monoisotopic (exact) mass is 469 g/mol. The topological polar surface area (TPSA) is 85.4 Å². The average Bonchev–Trinajstić information content (AvgIpc) is 3.06. The fourth-order valence-corrected chi connectivity index (χ4v) is 4.08. The Kier molecular flexibility index (Phi) is 6.96. The van der Waals surface area contributed by atoms with E-state index in [0.717, 1.165) is 22.3 Å². The normalized spacial score (nSPS) is 11.5. The quantitative estimate of drug-likeness (QED) is 0.281. The van der Waals surface area contributed by atoms with Gasteiger partial charge in [0.1, 0.15) is 0 Å². The largest absolute Gasteiger partial charge is 0.481 e. The minimum atomic E-state index is -4.46. The molecule has 164 valence electrons. The Bertz CT molecular complexity index is 1140. The Labute approximate surface area is 184 Å². The van der Waals surface area contributed by atoms with E-state index < -0.39 is 23.7 Å². The molecule has 3 aromatic rings. The van der Waals surface area contributed by atoms with E-state index in [4.69, 9.17) is 17.3 Å². The second kappa shape index (κ2) is 9.48. The van der Waals surface area contributed by atoms with Gasteiger partial charge in [0.05, 0.1) is 15.8 Å². The van der Waals surface area contributed by atoms with Crippen molar-refractivity contribution in [2.75, 3.05) is 16.8 Å². The number of carboxylic acids is 1. The lowest BCUT2D eigenvalue weighted by Crippen LogP contribution is -2.35. The Morgan fingerprint density at radius 3 is 2.48 bits per heavy atom. The maximum Gasteiger partial charge on any atom is 0.416 e. The summed E-state index contributed by atoms with van der Waals surface area (Å²) in [7, 11) is 0. The Morgan fingerprint density at radius 2 is 1.84 bits per heavy atom. The number of carboxylic acid groups (broad SMARTS) is 1. The number of amides is 2. The van der Waals surface area contributed by atoms with Crippen molar-refractivity contribution in [3.63, 3.8) is 0 Å². The summed E-state index contributed by atoms with van der Waals surface area (Å²) in [5, 5.41) is 11.4. The van der Waals surface area contributed by atoms with E-state index in [-0.39, 0.29) is 18.7 Å². The SMILES string of the molecule is O=C(O)CCCCN(C(=O)Nc1ccc(C(F)(F)F)cc1)c1ccc2[nH]c(=S)sc2c1. The number of carbonyl (C=O) groups is 2. The van der Waals surface area contributed by atoms with Gasteiger partial charge in [0, 0.05) is 24.3 Å². The van der Waals surface area contributed by atoms with Gasteiger partial charge < -0.3 is 15.4 Å². The summed E-state index contributed by atoms with van der Waals surface area (Å²) in [5.74, 6) is -0.922. The van der Waals surface area contributed by atoms with E-state index in [1.165, 1.54) is 28.4 Å². The molecule has 0 radical (unpaired) electrons. The van der Waals surface area contributed by atoms with Gasteiger partial charge in [0.2, 0.25) is 0 Å². The molecule has 0 unspecified atom stereocenters. The molecule has 2 aromatic carbocycles. The molecule has 3 rings (SSSR count). The van der Waals surface area contributed by atoms with E-state index >= 15 is 0 Å². The predicted molar refractivity (Wildman–Crippen MR) is 116 cm³/mol. The molecule has 6 nitrogen and oxygen atoms in total. The summed E-state index contributed by atoms with van der Waals surface area (Å²) in [6, 6.07) is 8.92. The van der Waals surface area contributed by atoms with Crippen LogP contribution in [0.5, 0.6) is 0 Å². The number of urea groups is 1. The number of aromatic nitrogens is 1. The third kappa shape index (κ3) is 6.05. The highest BCUT2D eigenvalue weighted by atomic mass is 32.1. The molecule has 0 bridgehead atoms. The first-order valence-electron chi connectivity index (χ1n) is 9.24. The maximum absolute atomic E-state index is 12.9. The van der Waals surface area contributed by atoms with Gasteiger partial charge in [0.15, 0.2) is 3.95 Å². The van der Waals surface area contributed by atoms with Gasteiger partial charge in [-0.15, -0.1) is 11.3 Å². The standard InChI is InChI=1S/C20H18F3N3O3S2/c21-20(22,23)12-4-6-13(7-5-12)24-18(29)26(10-2-1-3-17(27)28)14-8-9-15-16(11-14)31-19(30)25-15/h4-9,11H,1-3,10H2,(H,24,29)(H,25,30)(H,27,28). The first-order chi connectivity index (χ1) is 14.6. The summed E-state index contributed by atoms with van der Waals surface area (Å²) < 4.78 is 39.7. The van der Waals surface area contributed by atoms with Crippen LogP contribution in [-0.4, -0.2) is 28.6 Å². The van der Waals surface area contributed by atoms with E-state index in [9.17, 15) is 22.8 Å². The molecule has 1 aromatic heterocycles. The number of unbranched alkanes of at least 4 members (excludes halogenated alkanes) is 1. The number of thiazole rings is 1. The van der Waals surface area contributed by atoms with Crippen molar-refractivity contribution in [2.45, 2.75) is 25.4 Å². The first-order valence-corrected chi connectivity index (χ1v) is 10.5. The molecule has 11 heteroatoms. The number of aliphatic carboxylic acids is 1. The highest BCUT2D eigenvalue weighted by molar-refractivity contribution is 7.73. The number of aromatic amines is 1. The summed E-state index contributed by atoms with van der Waals surface area (Å²) in [6.07, 6.45) is -3.67. The van der Waals surface area contributed by atoms with E-state index in [0.29, 0.717) is 22.5 Å². The molecule has 0 saturated heterocycles. The van der Waals surface area contributed by atoms with Gasteiger partial charge in [-0.05, 0) is 67.5 Å². The van der Waals surface area contributed by atoms with Crippen molar-refractivity contribution in [3.05, 3.63) is 52.0 Å². The highest BCUT2D eigenvalue weighted by Gasteiger charge is 2.30. The number of carbonyl (C=O) groups excluding carboxylic acids is 1. The highest BCUT2D eigenvalue weighted by Crippen LogP contribution is 2.30. The van der Waals surface area contributed by atoms with Crippen LogP contribution in [0.15, 0.2) is 42.5 Å². The van der Waals surface area contributed by atoms with Gasteiger partial charge in [-0.1, -0.05) is 0 Å². The number of nitrogens with one attached hydrogen (secondary N) is 2. The van der Waals surface area contributed by atoms with E-state index in [2.05, 4.69) is 10.3 Å². The van der Waals surface area contributed by atoms with E-state index in [1.54, 1.807) is 18.2 Å². The zero-order valence-corrected chi connectivity index (χ0v) is 17.7. The number of fused-ring (bicyclic) bond motifs is 1. The molecule has 0 aliphatic heterocycles. The van der Waals surface area contributed by atoms with Gasteiger partial charge in [0.25, 0.3) is 0 Å². The molecule has 2 amide bonds. The smallest absolute Gasteiger partial charge is 0.416 e. The molecule has 0 saturated carbocycles. The fourth-order valence-electron chi connectivity index (χ4n) is 2.93. The third-order valence-electron chi connectivity index (χ3n) is 4.45. The van der Waals surface area contributed by atoms with Crippen LogP contribution in [-0.2, 0) is 11.0 Å². The van der Waals surface area contributed by atoms with Crippen molar-refractivity contribution < 1.29 is 27.9 Å². The summed E-state index contributed by atoms with van der Waals surface area (Å²) >= 11 is 6.49. The van der Waals surface area contributed by atoms with Crippen LogP contribution in [0.3, 0.4) is 0 Å². The Hall–Kier alpha value is -2.92.